The fraction of sp³-hybridized carbons (Fsp3) is 0.280. The molecule has 5 nitrogen and oxygen atoms in total. The van der Waals surface area contributed by atoms with Gasteiger partial charge in [-0.3, -0.25) is 19.6 Å². The molecule has 0 aliphatic carbocycles. The van der Waals surface area contributed by atoms with Gasteiger partial charge in [-0.1, -0.05) is 25.1 Å². The van der Waals surface area contributed by atoms with Crippen LogP contribution in [-0.2, 0) is 11.2 Å². The van der Waals surface area contributed by atoms with E-state index in [1.54, 1.807) is 24.2 Å². The van der Waals surface area contributed by atoms with Crippen molar-refractivity contribution in [2.24, 2.45) is 0 Å². The highest BCUT2D eigenvalue weighted by molar-refractivity contribution is 5.95. The van der Waals surface area contributed by atoms with Crippen LogP contribution in [0.4, 0.5) is 5.69 Å². The van der Waals surface area contributed by atoms with Crippen molar-refractivity contribution in [2.75, 3.05) is 11.9 Å². The molecule has 5 heteroatoms. The second-order valence-electron chi connectivity index (χ2n) is 7.47. The summed E-state index contributed by atoms with van der Waals surface area (Å²) in [6.07, 6.45) is 5.08. The zero-order chi connectivity index (χ0) is 21.7. The molecule has 30 heavy (non-hydrogen) atoms. The summed E-state index contributed by atoms with van der Waals surface area (Å²) in [5, 5.41) is 0. The molecule has 0 radical (unpaired) electrons. The first-order chi connectivity index (χ1) is 14.4. The fourth-order valence-electron chi connectivity index (χ4n) is 3.31. The Morgan fingerprint density at radius 3 is 2.37 bits per heavy atom. The van der Waals surface area contributed by atoms with Crippen LogP contribution in [0, 0.1) is 13.8 Å². The van der Waals surface area contributed by atoms with Crippen molar-refractivity contribution in [1.29, 1.82) is 0 Å². The molecule has 0 unspecified atom stereocenters. The SMILES string of the molecule is CCC(=O)N(C)c1ccc(-c2ccc(C(=O)CCc3ccc(C)nc3)nc2)c(C)c1. The van der Waals surface area contributed by atoms with Crippen LogP contribution in [0.3, 0.4) is 0 Å². The van der Waals surface area contributed by atoms with Gasteiger partial charge in [0.25, 0.3) is 0 Å². The topological polar surface area (TPSA) is 63.2 Å². The fourth-order valence-corrected chi connectivity index (χ4v) is 3.31. The molecule has 0 fully saturated rings. The molecule has 0 atom stereocenters. The molecule has 0 spiro atoms. The zero-order valence-electron chi connectivity index (χ0n) is 18.0. The first kappa shape index (κ1) is 21.4. The van der Waals surface area contributed by atoms with Crippen LogP contribution in [-0.4, -0.2) is 28.7 Å². The first-order valence-electron chi connectivity index (χ1n) is 10.2. The monoisotopic (exact) mass is 401 g/mol. The summed E-state index contributed by atoms with van der Waals surface area (Å²) in [7, 11) is 1.79. The summed E-state index contributed by atoms with van der Waals surface area (Å²) in [6.45, 7) is 5.81. The number of aryl methyl sites for hydroxylation is 3. The number of carbonyl (C=O) groups is 2. The zero-order valence-corrected chi connectivity index (χ0v) is 18.0. The van der Waals surface area contributed by atoms with Gasteiger partial charge < -0.3 is 4.90 Å². The number of hydrogen-bond donors (Lipinski definition) is 0. The van der Waals surface area contributed by atoms with Crippen molar-refractivity contribution in [1.82, 2.24) is 9.97 Å². The quantitative estimate of drug-likeness (QED) is 0.526. The molecule has 0 saturated carbocycles. The molecule has 3 aromatic rings. The lowest BCUT2D eigenvalue weighted by Crippen LogP contribution is -2.25. The summed E-state index contributed by atoms with van der Waals surface area (Å²) in [5.74, 6) is 0.0991. The molecule has 0 aliphatic heterocycles. The second kappa shape index (κ2) is 9.44. The molecule has 1 aromatic carbocycles. The summed E-state index contributed by atoms with van der Waals surface area (Å²) in [4.78, 5) is 34.7. The van der Waals surface area contributed by atoms with E-state index in [4.69, 9.17) is 0 Å². The lowest BCUT2D eigenvalue weighted by atomic mass is 10.00. The van der Waals surface area contributed by atoms with Crippen molar-refractivity contribution in [2.45, 2.75) is 40.0 Å². The molecular weight excluding hydrogens is 374 g/mol. The minimum absolute atomic E-state index is 0.0221. The van der Waals surface area contributed by atoms with E-state index >= 15 is 0 Å². The van der Waals surface area contributed by atoms with E-state index in [1.807, 2.05) is 63.4 Å². The number of ketones is 1. The Morgan fingerprint density at radius 1 is 0.967 bits per heavy atom. The van der Waals surface area contributed by atoms with Crippen LogP contribution in [0.25, 0.3) is 11.1 Å². The van der Waals surface area contributed by atoms with Gasteiger partial charge in [0.15, 0.2) is 5.78 Å². The first-order valence-corrected chi connectivity index (χ1v) is 10.2. The Labute approximate surface area is 177 Å². The van der Waals surface area contributed by atoms with Crippen molar-refractivity contribution in [3.05, 3.63) is 77.4 Å². The average molecular weight is 402 g/mol. The van der Waals surface area contributed by atoms with E-state index in [9.17, 15) is 9.59 Å². The molecule has 2 heterocycles. The number of rotatable bonds is 7. The van der Waals surface area contributed by atoms with Crippen molar-refractivity contribution in [3.8, 4) is 11.1 Å². The highest BCUT2D eigenvalue weighted by Crippen LogP contribution is 2.27. The van der Waals surface area contributed by atoms with Gasteiger partial charge >= 0.3 is 0 Å². The smallest absolute Gasteiger partial charge is 0.226 e. The van der Waals surface area contributed by atoms with Crippen molar-refractivity contribution in [3.63, 3.8) is 0 Å². The Bertz CT molecular complexity index is 1040. The van der Waals surface area contributed by atoms with E-state index < -0.39 is 0 Å². The number of nitrogens with zero attached hydrogens (tertiary/aromatic N) is 3. The van der Waals surface area contributed by atoms with Gasteiger partial charge in [0.2, 0.25) is 5.91 Å². The highest BCUT2D eigenvalue weighted by atomic mass is 16.2. The highest BCUT2D eigenvalue weighted by Gasteiger charge is 2.12. The van der Waals surface area contributed by atoms with E-state index in [2.05, 4.69) is 9.97 Å². The van der Waals surface area contributed by atoms with Gasteiger partial charge in [0.1, 0.15) is 5.69 Å². The van der Waals surface area contributed by atoms with E-state index in [-0.39, 0.29) is 11.7 Å². The minimum Gasteiger partial charge on any atom is -0.316 e. The van der Waals surface area contributed by atoms with Gasteiger partial charge in [-0.15, -0.1) is 0 Å². The third-order valence-corrected chi connectivity index (χ3v) is 5.25. The number of pyridine rings is 2. The number of aromatic nitrogens is 2. The predicted octanol–water partition coefficient (Wildman–Crippen LogP) is 4.95. The van der Waals surface area contributed by atoms with Crippen LogP contribution in [0.5, 0.6) is 0 Å². The largest absolute Gasteiger partial charge is 0.316 e. The van der Waals surface area contributed by atoms with Crippen LogP contribution < -0.4 is 4.90 Å². The molecule has 0 aliphatic rings. The summed E-state index contributed by atoms with van der Waals surface area (Å²) in [5.41, 5.74) is 6.39. The van der Waals surface area contributed by atoms with Crippen LogP contribution in [0.1, 0.15) is 47.1 Å². The Kier molecular flexibility index (Phi) is 6.72. The molecular formula is C25H27N3O2. The molecule has 0 saturated heterocycles. The van der Waals surface area contributed by atoms with E-state index in [0.717, 1.165) is 33.6 Å². The Balaban J connectivity index is 1.69. The molecule has 0 N–H and O–H groups in total. The van der Waals surface area contributed by atoms with Crippen LogP contribution >= 0.6 is 0 Å². The van der Waals surface area contributed by atoms with Crippen molar-refractivity contribution >= 4 is 17.4 Å². The maximum Gasteiger partial charge on any atom is 0.226 e. The van der Waals surface area contributed by atoms with Crippen LogP contribution in [0.2, 0.25) is 0 Å². The van der Waals surface area contributed by atoms with Gasteiger partial charge in [-0.2, -0.15) is 0 Å². The molecule has 0 bridgehead atoms. The third-order valence-electron chi connectivity index (χ3n) is 5.25. The number of hydrogen-bond acceptors (Lipinski definition) is 4. The van der Waals surface area contributed by atoms with E-state index in [1.165, 1.54) is 0 Å². The lowest BCUT2D eigenvalue weighted by Gasteiger charge is -2.18. The van der Waals surface area contributed by atoms with Crippen molar-refractivity contribution < 1.29 is 9.59 Å². The molecule has 154 valence electrons. The van der Waals surface area contributed by atoms with Gasteiger partial charge in [0, 0.05) is 49.2 Å². The number of amides is 1. The predicted molar refractivity (Wildman–Crippen MR) is 120 cm³/mol. The average Bonchev–Trinajstić information content (AvgIpc) is 2.77. The minimum atomic E-state index is 0.0221. The van der Waals surface area contributed by atoms with Gasteiger partial charge in [-0.25, -0.2) is 0 Å². The number of benzene rings is 1. The summed E-state index contributed by atoms with van der Waals surface area (Å²) < 4.78 is 0. The number of anilines is 1. The molecule has 3 rings (SSSR count). The standard InChI is InChI=1S/C25H27N3O2/c1-5-25(30)28(4)21-10-11-22(17(2)14-21)20-9-12-23(27-16-20)24(29)13-8-19-7-6-18(3)26-15-19/h6-7,9-12,14-16H,5,8,13H2,1-4H3. The number of carbonyl (C=O) groups excluding carboxylic acids is 2. The lowest BCUT2D eigenvalue weighted by molar-refractivity contribution is -0.118. The molecule has 2 aromatic heterocycles. The van der Waals surface area contributed by atoms with Gasteiger partial charge in [-0.05, 0) is 61.2 Å². The summed E-state index contributed by atoms with van der Waals surface area (Å²) in [6, 6.07) is 13.6. The normalized spacial score (nSPS) is 10.7. The van der Waals surface area contributed by atoms with Gasteiger partial charge in [0.05, 0.1) is 0 Å². The van der Waals surface area contributed by atoms with Crippen LogP contribution in [0.15, 0.2) is 54.9 Å². The summed E-state index contributed by atoms with van der Waals surface area (Å²) >= 11 is 0. The maximum atomic E-state index is 12.5. The number of Topliss-reactive ketones (excluding diaryl/α,β-unsaturated/α-hetero) is 1. The Morgan fingerprint density at radius 2 is 1.77 bits per heavy atom. The third kappa shape index (κ3) is 4.98. The van der Waals surface area contributed by atoms with E-state index in [0.29, 0.717) is 25.0 Å². The maximum absolute atomic E-state index is 12.5. The molecule has 1 amide bonds. The Hall–Kier alpha value is -3.34. The second-order valence-corrected chi connectivity index (χ2v) is 7.47.